The SMILES string of the molecule is CC(=O)c1ccc(NC(=O)C2C(C(=O)[O-])C3C=CC2C32CC2)cc1. The van der Waals surface area contributed by atoms with E-state index in [1.807, 2.05) is 12.2 Å². The molecule has 0 aliphatic heterocycles. The molecule has 1 N–H and O–H groups in total. The van der Waals surface area contributed by atoms with Crippen molar-refractivity contribution >= 4 is 23.3 Å². The molecule has 5 nitrogen and oxygen atoms in total. The van der Waals surface area contributed by atoms with E-state index in [1.54, 1.807) is 24.3 Å². The van der Waals surface area contributed by atoms with Gasteiger partial charge in [0.2, 0.25) is 5.91 Å². The second kappa shape index (κ2) is 5.03. The molecule has 0 aromatic heterocycles. The molecular formula is C19H18NO4-. The average molecular weight is 324 g/mol. The molecule has 1 aromatic carbocycles. The van der Waals surface area contributed by atoms with Gasteiger partial charge in [-0.15, -0.1) is 0 Å². The van der Waals surface area contributed by atoms with Crippen molar-refractivity contribution in [3.05, 3.63) is 42.0 Å². The van der Waals surface area contributed by atoms with E-state index in [1.165, 1.54) is 6.92 Å². The minimum atomic E-state index is -1.13. The van der Waals surface area contributed by atoms with Gasteiger partial charge in [-0.3, -0.25) is 9.59 Å². The molecule has 4 atom stereocenters. The first-order valence-electron chi connectivity index (χ1n) is 8.25. The summed E-state index contributed by atoms with van der Waals surface area (Å²) in [6.45, 7) is 1.48. The number of carbonyl (C=O) groups excluding carboxylic acids is 3. The van der Waals surface area contributed by atoms with Crippen LogP contribution < -0.4 is 10.4 Å². The molecule has 2 saturated carbocycles. The van der Waals surface area contributed by atoms with Gasteiger partial charge in [0.15, 0.2) is 5.78 Å². The molecule has 2 bridgehead atoms. The highest BCUT2D eigenvalue weighted by atomic mass is 16.4. The van der Waals surface area contributed by atoms with Crippen LogP contribution in [0.4, 0.5) is 5.69 Å². The monoisotopic (exact) mass is 324 g/mol. The largest absolute Gasteiger partial charge is 0.550 e. The molecule has 4 rings (SSSR count). The van der Waals surface area contributed by atoms with Gasteiger partial charge in [0, 0.05) is 23.1 Å². The topological polar surface area (TPSA) is 86.3 Å². The van der Waals surface area contributed by atoms with Crippen LogP contribution in [0.15, 0.2) is 36.4 Å². The summed E-state index contributed by atoms with van der Waals surface area (Å²) in [7, 11) is 0. The van der Waals surface area contributed by atoms with Crippen molar-refractivity contribution in [2.75, 3.05) is 5.32 Å². The van der Waals surface area contributed by atoms with Crippen LogP contribution in [-0.4, -0.2) is 17.7 Å². The molecule has 2 fully saturated rings. The van der Waals surface area contributed by atoms with Crippen molar-refractivity contribution in [1.29, 1.82) is 0 Å². The van der Waals surface area contributed by atoms with E-state index in [0.29, 0.717) is 11.3 Å². The third-order valence-electron chi connectivity index (χ3n) is 5.98. The van der Waals surface area contributed by atoms with Gasteiger partial charge in [-0.2, -0.15) is 0 Å². The number of ketones is 1. The predicted molar refractivity (Wildman–Crippen MR) is 84.9 cm³/mol. The Hall–Kier alpha value is -2.43. The molecule has 3 aliphatic carbocycles. The summed E-state index contributed by atoms with van der Waals surface area (Å²) in [5.74, 6) is -2.88. The van der Waals surface area contributed by atoms with Gasteiger partial charge in [0.1, 0.15) is 0 Å². The Kier molecular flexibility index (Phi) is 3.17. The van der Waals surface area contributed by atoms with Crippen LogP contribution in [-0.2, 0) is 9.59 Å². The Morgan fingerprint density at radius 3 is 2.12 bits per heavy atom. The highest BCUT2D eigenvalue weighted by molar-refractivity contribution is 5.98. The predicted octanol–water partition coefficient (Wildman–Crippen LogP) is 1.41. The number of rotatable bonds is 4. The maximum Gasteiger partial charge on any atom is 0.228 e. The molecule has 3 aliphatic rings. The highest BCUT2D eigenvalue weighted by Crippen LogP contribution is 2.71. The van der Waals surface area contributed by atoms with Crippen LogP contribution >= 0.6 is 0 Å². The molecule has 0 radical (unpaired) electrons. The van der Waals surface area contributed by atoms with E-state index in [-0.39, 0.29) is 28.9 Å². The fourth-order valence-electron chi connectivity index (χ4n) is 4.69. The highest BCUT2D eigenvalue weighted by Gasteiger charge is 2.68. The van der Waals surface area contributed by atoms with Gasteiger partial charge in [-0.25, -0.2) is 0 Å². The number of Topliss-reactive ketones (excluding diaryl/α,β-unsaturated/α-hetero) is 1. The quantitative estimate of drug-likeness (QED) is 0.670. The number of hydrogen-bond acceptors (Lipinski definition) is 4. The normalized spacial score (nSPS) is 31.2. The maximum atomic E-state index is 12.8. The number of hydrogen-bond donors (Lipinski definition) is 1. The third-order valence-corrected chi connectivity index (χ3v) is 5.98. The molecule has 1 aromatic rings. The lowest BCUT2D eigenvalue weighted by Gasteiger charge is -2.27. The lowest BCUT2D eigenvalue weighted by atomic mass is 9.82. The molecule has 1 amide bonds. The number of amides is 1. The van der Waals surface area contributed by atoms with Crippen molar-refractivity contribution in [2.45, 2.75) is 19.8 Å². The van der Waals surface area contributed by atoms with E-state index in [9.17, 15) is 19.5 Å². The van der Waals surface area contributed by atoms with Gasteiger partial charge in [-0.05, 0) is 61.3 Å². The number of nitrogens with one attached hydrogen (secondary N) is 1. The second-order valence-electron chi connectivity index (χ2n) is 7.16. The Balaban J connectivity index is 1.56. The first kappa shape index (κ1) is 15.1. The molecule has 124 valence electrons. The van der Waals surface area contributed by atoms with Crippen molar-refractivity contribution in [2.24, 2.45) is 29.1 Å². The molecule has 4 unspecified atom stereocenters. The molecule has 0 heterocycles. The fourth-order valence-corrected chi connectivity index (χ4v) is 4.69. The minimum absolute atomic E-state index is 0.0121. The summed E-state index contributed by atoms with van der Waals surface area (Å²) in [6, 6.07) is 6.63. The number of carbonyl (C=O) groups is 3. The molecule has 1 spiro atoms. The Bertz CT molecular complexity index is 760. The summed E-state index contributed by atoms with van der Waals surface area (Å²) >= 11 is 0. The number of anilines is 1. The standard InChI is InChI=1S/C19H19NO4/c1-10(21)11-2-4-12(5-3-11)20-17(22)15-13-6-7-14(16(15)18(23)24)19(13)8-9-19/h2-7,13-16H,8-9H2,1H3,(H,20,22)(H,23,24)/p-1. The van der Waals surface area contributed by atoms with Crippen molar-refractivity contribution in [3.63, 3.8) is 0 Å². The number of aliphatic carboxylic acids is 1. The van der Waals surface area contributed by atoms with E-state index in [2.05, 4.69) is 5.32 Å². The molecule has 0 saturated heterocycles. The second-order valence-corrected chi connectivity index (χ2v) is 7.16. The molecule has 5 heteroatoms. The third kappa shape index (κ3) is 2.04. The van der Waals surface area contributed by atoms with Crippen LogP contribution in [0.1, 0.15) is 30.1 Å². The van der Waals surface area contributed by atoms with E-state index in [4.69, 9.17) is 0 Å². The van der Waals surface area contributed by atoms with Crippen molar-refractivity contribution in [1.82, 2.24) is 0 Å². The van der Waals surface area contributed by atoms with Gasteiger partial charge >= 0.3 is 0 Å². The zero-order valence-corrected chi connectivity index (χ0v) is 13.3. The van der Waals surface area contributed by atoms with Gasteiger partial charge < -0.3 is 15.2 Å². The number of carboxylic acid groups (broad SMARTS) is 1. The Morgan fingerprint density at radius 2 is 1.62 bits per heavy atom. The minimum Gasteiger partial charge on any atom is -0.550 e. The first-order chi connectivity index (χ1) is 11.4. The lowest BCUT2D eigenvalue weighted by molar-refractivity contribution is -0.313. The molecular weight excluding hydrogens is 306 g/mol. The number of allylic oxidation sites excluding steroid dienone is 2. The fraction of sp³-hybridized carbons (Fsp3) is 0.421. The van der Waals surface area contributed by atoms with Crippen molar-refractivity contribution in [3.8, 4) is 0 Å². The van der Waals surface area contributed by atoms with Gasteiger partial charge in [-0.1, -0.05) is 12.2 Å². The first-order valence-corrected chi connectivity index (χ1v) is 8.25. The van der Waals surface area contributed by atoms with E-state index >= 15 is 0 Å². The smallest absolute Gasteiger partial charge is 0.228 e. The maximum absolute atomic E-state index is 12.8. The van der Waals surface area contributed by atoms with Crippen LogP contribution in [0.5, 0.6) is 0 Å². The van der Waals surface area contributed by atoms with Crippen LogP contribution in [0.25, 0.3) is 0 Å². The van der Waals surface area contributed by atoms with Crippen LogP contribution in [0, 0.1) is 29.1 Å². The Labute approximate surface area is 139 Å². The van der Waals surface area contributed by atoms with Crippen LogP contribution in [0.2, 0.25) is 0 Å². The van der Waals surface area contributed by atoms with Crippen LogP contribution in [0.3, 0.4) is 0 Å². The number of benzene rings is 1. The summed E-state index contributed by atoms with van der Waals surface area (Å²) in [5, 5.41) is 14.4. The summed E-state index contributed by atoms with van der Waals surface area (Å²) in [5.41, 5.74) is 1.12. The van der Waals surface area contributed by atoms with Crippen molar-refractivity contribution < 1.29 is 19.5 Å². The average Bonchev–Trinajstić information content (AvgIpc) is 3.21. The Morgan fingerprint density at radius 1 is 1.04 bits per heavy atom. The van der Waals surface area contributed by atoms with E-state index < -0.39 is 17.8 Å². The van der Waals surface area contributed by atoms with E-state index in [0.717, 1.165) is 12.8 Å². The number of carboxylic acids is 1. The zero-order chi connectivity index (χ0) is 17.1. The summed E-state index contributed by atoms with van der Waals surface area (Å²) in [4.78, 5) is 35.7. The lowest BCUT2D eigenvalue weighted by Crippen LogP contribution is -2.42. The zero-order valence-electron chi connectivity index (χ0n) is 13.3. The van der Waals surface area contributed by atoms with Gasteiger partial charge in [0.25, 0.3) is 0 Å². The van der Waals surface area contributed by atoms with Gasteiger partial charge in [0.05, 0.1) is 5.92 Å². The summed E-state index contributed by atoms with van der Waals surface area (Å²) < 4.78 is 0. The summed E-state index contributed by atoms with van der Waals surface area (Å²) in [6.07, 6.45) is 5.94. The molecule has 24 heavy (non-hydrogen) atoms.